The first-order valence-electron chi connectivity index (χ1n) is 8.71. The van der Waals surface area contributed by atoms with E-state index in [0.29, 0.717) is 36.0 Å². The van der Waals surface area contributed by atoms with Crippen LogP contribution in [0.4, 0.5) is 5.82 Å². The molecule has 0 atom stereocenters. The molecule has 142 valence electrons. The quantitative estimate of drug-likeness (QED) is 0.440. The number of aromatic nitrogens is 2. The van der Waals surface area contributed by atoms with Gasteiger partial charge in [0.25, 0.3) is 0 Å². The van der Waals surface area contributed by atoms with Crippen LogP contribution in [0.15, 0.2) is 65.3 Å². The van der Waals surface area contributed by atoms with Crippen molar-refractivity contribution in [1.29, 1.82) is 0 Å². The third-order valence-electron chi connectivity index (χ3n) is 4.20. The summed E-state index contributed by atoms with van der Waals surface area (Å²) in [4.78, 5) is 8.63. The molecule has 1 N–H and O–H groups in total. The average Bonchev–Trinajstić information content (AvgIpc) is 3.24. The summed E-state index contributed by atoms with van der Waals surface area (Å²) in [5, 5.41) is 4.16. The molecule has 7 heteroatoms. The number of hydrogen-bond donors (Lipinski definition) is 1. The van der Waals surface area contributed by atoms with E-state index < -0.39 is 0 Å². The molecule has 2 heterocycles. The highest BCUT2D eigenvalue weighted by molar-refractivity contribution is 6.28. The Balaban J connectivity index is 1.64. The number of furan rings is 1. The van der Waals surface area contributed by atoms with Crippen molar-refractivity contribution in [3.63, 3.8) is 0 Å². The smallest absolute Gasteiger partial charge is 0.224 e. The van der Waals surface area contributed by atoms with Gasteiger partial charge in [-0.1, -0.05) is 30.3 Å². The first-order valence-corrected chi connectivity index (χ1v) is 9.09. The highest BCUT2D eigenvalue weighted by Crippen LogP contribution is 2.35. The van der Waals surface area contributed by atoms with E-state index in [1.54, 1.807) is 13.4 Å². The number of methoxy groups -OCH3 is 1. The molecule has 2 aromatic carbocycles. The number of anilines is 1. The lowest BCUT2D eigenvalue weighted by Crippen LogP contribution is -2.03. The van der Waals surface area contributed by atoms with Gasteiger partial charge in [0.2, 0.25) is 5.28 Å². The lowest BCUT2D eigenvalue weighted by Gasteiger charge is -2.14. The van der Waals surface area contributed by atoms with E-state index >= 15 is 0 Å². The van der Waals surface area contributed by atoms with Crippen molar-refractivity contribution in [3.8, 4) is 11.5 Å². The van der Waals surface area contributed by atoms with Gasteiger partial charge in [-0.2, -0.15) is 0 Å². The summed E-state index contributed by atoms with van der Waals surface area (Å²) in [6.45, 7) is 0.898. The minimum Gasteiger partial charge on any atom is -0.493 e. The Hall–Kier alpha value is -3.25. The third kappa shape index (κ3) is 4.02. The highest BCUT2D eigenvalue weighted by Gasteiger charge is 2.14. The zero-order chi connectivity index (χ0) is 19.3. The predicted molar refractivity (Wildman–Crippen MR) is 108 cm³/mol. The zero-order valence-electron chi connectivity index (χ0n) is 15.2. The van der Waals surface area contributed by atoms with Gasteiger partial charge in [0.05, 0.1) is 25.4 Å². The lowest BCUT2D eigenvalue weighted by molar-refractivity contribution is 0.285. The fourth-order valence-electron chi connectivity index (χ4n) is 2.83. The Bertz CT molecular complexity index is 1070. The molecule has 6 nitrogen and oxygen atoms in total. The van der Waals surface area contributed by atoms with Crippen LogP contribution in [0, 0.1) is 0 Å². The van der Waals surface area contributed by atoms with Gasteiger partial charge in [0.1, 0.15) is 18.2 Å². The zero-order valence-corrected chi connectivity index (χ0v) is 15.9. The largest absolute Gasteiger partial charge is 0.493 e. The van der Waals surface area contributed by atoms with E-state index in [1.807, 2.05) is 54.6 Å². The molecule has 0 unspecified atom stereocenters. The average molecular weight is 396 g/mol. The minimum absolute atomic E-state index is 0.147. The fraction of sp³-hybridized carbons (Fsp3) is 0.143. The fourth-order valence-corrected chi connectivity index (χ4v) is 3.01. The van der Waals surface area contributed by atoms with E-state index in [0.717, 1.165) is 16.7 Å². The number of ether oxygens (including phenoxy) is 2. The van der Waals surface area contributed by atoms with Gasteiger partial charge in [-0.25, -0.2) is 9.97 Å². The van der Waals surface area contributed by atoms with Gasteiger partial charge in [-0.3, -0.25) is 0 Å². The minimum atomic E-state index is 0.147. The summed E-state index contributed by atoms with van der Waals surface area (Å²) >= 11 is 6.13. The maximum Gasteiger partial charge on any atom is 0.224 e. The van der Waals surface area contributed by atoms with Crippen LogP contribution in [0.25, 0.3) is 10.9 Å². The summed E-state index contributed by atoms with van der Waals surface area (Å²) in [7, 11) is 1.60. The van der Waals surface area contributed by atoms with E-state index in [-0.39, 0.29) is 5.28 Å². The van der Waals surface area contributed by atoms with Crippen LogP contribution in [0.1, 0.15) is 11.3 Å². The Labute approximate surface area is 167 Å². The van der Waals surface area contributed by atoms with Crippen LogP contribution in [0.3, 0.4) is 0 Å². The van der Waals surface area contributed by atoms with Crippen molar-refractivity contribution >= 4 is 28.3 Å². The van der Waals surface area contributed by atoms with Crippen LogP contribution >= 0.6 is 11.6 Å². The van der Waals surface area contributed by atoms with Gasteiger partial charge in [-0.05, 0) is 35.4 Å². The Morgan fingerprint density at radius 1 is 1.04 bits per heavy atom. The van der Waals surface area contributed by atoms with Crippen molar-refractivity contribution in [2.45, 2.75) is 13.2 Å². The normalized spacial score (nSPS) is 10.8. The maximum atomic E-state index is 6.13. The topological polar surface area (TPSA) is 69.4 Å². The molecule has 0 spiro atoms. The molecule has 0 aliphatic rings. The van der Waals surface area contributed by atoms with E-state index in [1.165, 1.54) is 0 Å². The summed E-state index contributed by atoms with van der Waals surface area (Å²) in [5.74, 6) is 2.57. The van der Waals surface area contributed by atoms with Crippen molar-refractivity contribution in [3.05, 3.63) is 77.5 Å². The van der Waals surface area contributed by atoms with E-state index in [4.69, 9.17) is 25.5 Å². The second-order valence-electron chi connectivity index (χ2n) is 6.07. The number of nitrogens with zero attached hydrogens (tertiary/aromatic N) is 2. The number of halogens is 1. The molecule has 0 fully saturated rings. The van der Waals surface area contributed by atoms with Gasteiger partial charge >= 0.3 is 0 Å². The molecule has 4 aromatic rings. The molecule has 0 aliphatic carbocycles. The van der Waals surface area contributed by atoms with Crippen molar-refractivity contribution in [2.24, 2.45) is 0 Å². The van der Waals surface area contributed by atoms with Crippen molar-refractivity contribution in [1.82, 2.24) is 9.97 Å². The Kier molecular flexibility index (Phi) is 5.30. The SMILES string of the molecule is COc1cc2c(NCc3ccco3)nc(Cl)nc2cc1OCc1ccccc1. The molecule has 0 radical (unpaired) electrons. The molecule has 0 saturated carbocycles. The molecule has 0 amide bonds. The Morgan fingerprint density at radius 2 is 1.89 bits per heavy atom. The highest BCUT2D eigenvalue weighted by atomic mass is 35.5. The van der Waals surface area contributed by atoms with Gasteiger partial charge in [-0.15, -0.1) is 0 Å². The van der Waals surface area contributed by atoms with Crippen LogP contribution < -0.4 is 14.8 Å². The summed E-state index contributed by atoms with van der Waals surface area (Å²) < 4.78 is 16.8. The molecule has 4 rings (SSSR count). The predicted octanol–water partition coefficient (Wildman–Crippen LogP) is 5.08. The van der Waals surface area contributed by atoms with Crippen LogP contribution in [0.5, 0.6) is 11.5 Å². The first kappa shape index (κ1) is 18.1. The van der Waals surface area contributed by atoms with Crippen molar-refractivity contribution in [2.75, 3.05) is 12.4 Å². The standard InChI is InChI=1S/C21H18ClN3O3/c1-26-18-10-16-17(11-19(18)28-13-14-6-3-2-4-7-14)24-21(22)25-20(16)23-12-15-8-5-9-27-15/h2-11H,12-13H2,1H3,(H,23,24,25). The number of fused-ring (bicyclic) bond motifs is 1. The van der Waals surface area contributed by atoms with Gasteiger partial charge in [0.15, 0.2) is 11.5 Å². The number of benzene rings is 2. The second kappa shape index (κ2) is 8.19. The molecule has 0 bridgehead atoms. The monoisotopic (exact) mass is 395 g/mol. The molecule has 28 heavy (non-hydrogen) atoms. The summed E-state index contributed by atoms with van der Waals surface area (Å²) in [6, 6.07) is 17.3. The van der Waals surface area contributed by atoms with Crippen LogP contribution in [-0.2, 0) is 13.2 Å². The van der Waals surface area contributed by atoms with Crippen molar-refractivity contribution < 1.29 is 13.9 Å². The molecular weight excluding hydrogens is 378 g/mol. The number of hydrogen-bond acceptors (Lipinski definition) is 6. The van der Waals surface area contributed by atoms with E-state index in [9.17, 15) is 0 Å². The van der Waals surface area contributed by atoms with Crippen LogP contribution in [-0.4, -0.2) is 17.1 Å². The Morgan fingerprint density at radius 3 is 2.64 bits per heavy atom. The third-order valence-corrected chi connectivity index (χ3v) is 4.37. The summed E-state index contributed by atoms with van der Waals surface area (Å²) in [5.41, 5.74) is 1.72. The van der Waals surface area contributed by atoms with Gasteiger partial charge in [0, 0.05) is 11.5 Å². The molecule has 0 aliphatic heterocycles. The number of rotatable bonds is 7. The molecule has 0 saturated heterocycles. The van der Waals surface area contributed by atoms with E-state index in [2.05, 4.69) is 15.3 Å². The number of nitrogens with one attached hydrogen (secondary N) is 1. The summed E-state index contributed by atoms with van der Waals surface area (Å²) in [6.07, 6.45) is 1.63. The second-order valence-corrected chi connectivity index (χ2v) is 6.41. The van der Waals surface area contributed by atoms with Gasteiger partial charge < -0.3 is 19.2 Å². The first-order chi connectivity index (χ1) is 13.7. The maximum absolute atomic E-state index is 6.13. The molecular formula is C21H18ClN3O3. The lowest BCUT2D eigenvalue weighted by atomic mass is 10.2. The molecule has 2 aromatic heterocycles. The van der Waals surface area contributed by atoms with Crippen LogP contribution in [0.2, 0.25) is 5.28 Å².